The Hall–Kier alpha value is -0.260. The van der Waals surface area contributed by atoms with E-state index in [1.807, 2.05) is 0 Å². The van der Waals surface area contributed by atoms with E-state index in [-0.39, 0.29) is 0 Å². The van der Waals surface area contributed by atoms with E-state index < -0.39 is 0 Å². The second-order valence-electron chi connectivity index (χ2n) is 4.27. The van der Waals surface area contributed by atoms with Crippen LogP contribution in [0.25, 0.3) is 0 Å². The third-order valence-electron chi connectivity index (χ3n) is 4.42. The lowest BCUT2D eigenvalue weighted by Crippen LogP contribution is -2.14. The summed E-state index contributed by atoms with van der Waals surface area (Å²) in [6.07, 6.45) is 7.68. The van der Waals surface area contributed by atoms with Crippen LogP contribution in [0, 0.1) is 16.7 Å². The van der Waals surface area contributed by atoms with Gasteiger partial charge in [0.25, 0.3) is 0 Å². The first kappa shape index (κ1) is 7.39. The van der Waals surface area contributed by atoms with Crippen LogP contribution >= 0.6 is 0 Å². The van der Waals surface area contributed by atoms with Crippen LogP contribution in [0.4, 0.5) is 0 Å². The summed E-state index contributed by atoms with van der Waals surface area (Å²) >= 11 is 0. The van der Waals surface area contributed by atoms with Gasteiger partial charge in [-0.1, -0.05) is 19.9 Å². The molecule has 0 bridgehead atoms. The van der Waals surface area contributed by atoms with Gasteiger partial charge in [0.15, 0.2) is 0 Å². The highest BCUT2D eigenvalue weighted by Gasteiger charge is 2.85. The maximum absolute atomic E-state index is 3.85. The van der Waals surface area contributed by atoms with Crippen molar-refractivity contribution in [2.45, 2.75) is 39.5 Å². The molecule has 3 unspecified atom stereocenters. The Morgan fingerprint density at radius 1 is 1.45 bits per heavy atom. The van der Waals surface area contributed by atoms with Crippen molar-refractivity contribution in [2.24, 2.45) is 16.7 Å². The van der Waals surface area contributed by atoms with E-state index in [0.717, 1.165) is 16.7 Å². The minimum atomic E-state index is 0.726. The molecule has 2 aliphatic rings. The molecule has 0 amide bonds. The first-order valence-electron chi connectivity index (χ1n) is 4.88. The van der Waals surface area contributed by atoms with Crippen LogP contribution in [0.1, 0.15) is 39.5 Å². The summed E-state index contributed by atoms with van der Waals surface area (Å²) in [6, 6.07) is 0. The minimum absolute atomic E-state index is 0.726. The fourth-order valence-corrected chi connectivity index (χ4v) is 3.50. The zero-order valence-electron chi connectivity index (χ0n) is 7.69. The van der Waals surface area contributed by atoms with Crippen molar-refractivity contribution in [2.75, 3.05) is 0 Å². The molecule has 2 aliphatic carbocycles. The van der Waals surface area contributed by atoms with Crippen LogP contribution in [0.15, 0.2) is 12.7 Å². The van der Waals surface area contributed by atoms with Crippen LogP contribution in [-0.2, 0) is 0 Å². The lowest BCUT2D eigenvalue weighted by Gasteiger charge is -2.23. The predicted molar refractivity (Wildman–Crippen MR) is 48.4 cm³/mol. The van der Waals surface area contributed by atoms with Gasteiger partial charge in [-0.2, -0.15) is 0 Å². The van der Waals surface area contributed by atoms with Crippen LogP contribution in [-0.4, -0.2) is 0 Å². The Bertz CT molecular complexity index is 194. The van der Waals surface area contributed by atoms with Gasteiger partial charge in [0.1, 0.15) is 0 Å². The van der Waals surface area contributed by atoms with Gasteiger partial charge >= 0.3 is 0 Å². The normalized spacial score (nSPS) is 51.6. The van der Waals surface area contributed by atoms with Gasteiger partial charge in [-0.15, -0.1) is 6.58 Å². The summed E-state index contributed by atoms with van der Waals surface area (Å²) in [5.41, 5.74) is 1.53. The van der Waals surface area contributed by atoms with E-state index in [0.29, 0.717) is 0 Å². The second-order valence-corrected chi connectivity index (χ2v) is 4.27. The monoisotopic (exact) mass is 150 g/mol. The van der Waals surface area contributed by atoms with Gasteiger partial charge in [0.2, 0.25) is 0 Å². The van der Waals surface area contributed by atoms with E-state index in [4.69, 9.17) is 0 Å². The van der Waals surface area contributed by atoms with Gasteiger partial charge in [-0.25, -0.2) is 0 Å². The highest BCUT2D eigenvalue weighted by Crippen LogP contribution is 2.91. The fourth-order valence-electron chi connectivity index (χ4n) is 3.50. The van der Waals surface area contributed by atoms with E-state index in [9.17, 15) is 0 Å². The topological polar surface area (TPSA) is 0 Å². The van der Waals surface area contributed by atoms with E-state index >= 15 is 0 Å². The first-order valence-corrected chi connectivity index (χ1v) is 4.88. The van der Waals surface area contributed by atoms with Gasteiger partial charge in [0.05, 0.1) is 0 Å². The van der Waals surface area contributed by atoms with Crippen molar-refractivity contribution < 1.29 is 0 Å². The van der Waals surface area contributed by atoms with Crippen LogP contribution in [0.3, 0.4) is 0 Å². The highest BCUT2D eigenvalue weighted by molar-refractivity contribution is 5.34. The van der Waals surface area contributed by atoms with Crippen LogP contribution in [0.2, 0.25) is 0 Å². The third-order valence-corrected chi connectivity index (χ3v) is 4.42. The molecular formula is C11H18. The molecule has 0 heterocycles. The lowest BCUT2D eigenvalue weighted by molar-refractivity contribution is 0.281. The molecule has 0 radical (unpaired) electrons. The molecule has 0 saturated heterocycles. The largest absolute Gasteiger partial charge is 0.103 e. The number of allylic oxidation sites excluding steroid dienone is 1. The number of rotatable bonds is 4. The van der Waals surface area contributed by atoms with Crippen LogP contribution in [0.5, 0.6) is 0 Å². The molecule has 62 valence electrons. The molecule has 0 aromatic heterocycles. The van der Waals surface area contributed by atoms with Crippen molar-refractivity contribution >= 4 is 0 Å². The Kier molecular flexibility index (Phi) is 1.28. The van der Waals surface area contributed by atoms with Crippen molar-refractivity contribution in [3.05, 3.63) is 12.7 Å². The smallest absolute Gasteiger partial charge is 0.0172 e. The molecule has 0 spiro atoms. The summed E-state index contributed by atoms with van der Waals surface area (Å²) in [6.45, 7) is 8.54. The Morgan fingerprint density at radius 2 is 2.18 bits per heavy atom. The van der Waals surface area contributed by atoms with E-state index in [1.54, 1.807) is 0 Å². The summed E-state index contributed by atoms with van der Waals surface area (Å²) in [5, 5.41) is 0. The maximum Gasteiger partial charge on any atom is -0.0172 e. The SMILES string of the molecule is C=CCC1(CC)C2CC21CC. The zero-order chi connectivity index (χ0) is 8.11. The lowest BCUT2D eigenvalue weighted by atomic mass is 9.81. The van der Waals surface area contributed by atoms with Crippen molar-refractivity contribution in [3.63, 3.8) is 0 Å². The molecule has 0 aliphatic heterocycles. The molecule has 0 nitrogen and oxygen atoms in total. The third kappa shape index (κ3) is 0.579. The molecule has 0 aromatic carbocycles. The molecule has 0 aromatic rings. The molecule has 2 rings (SSSR count). The first-order chi connectivity index (χ1) is 5.27. The standard InChI is InChI=1S/C11H18/c1-4-7-10(5-2)9-8-11(9,10)6-3/h4,9H,1,5-8H2,2-3H3. The highest BCUT2D eigenvalue weighted by atomic mass is 14.9. The quantitative estimate of drug-likeness (QED) is 0.539. The average molecular weight is 150 g/mol. The Balaban J connectivity index is 2.08. The summed E-state index contributed by atoms with van der Waals surface area (Å²) in [7, 11) is 0. The number of fused-ring (bicyclic) bond motifs is 1. The van der Waals surface area contributed by atoms with E-state index in [1.165, 1.54) is 25.7 Å². The predicted octanol–water partition coefficient (Wildman–Crippen LogP) is 3.39. The van der Waals surface area contributed by atoms with Crippen molar-refractivity contribution in [1.29, 1.82) is 0 Å². The minimum Gasteiger partial charge on any atom is -0.103 e. The van der Waals surface area contributed by atoms with Crippen molar-refractivity contribution in [3.8, 4) is 0 Å². The van der Waals surface area contributed by atoms with Gasteiger partial charge in [-0.3, -0.25) is 0 Å². The van der Waals surface area contributed by atoms with E-state index in [2.05, 4.69) is 26.5 Å². The van der Waals surface area contributed by atoms with Gasteiger partial charge in [-0.05, 0) is 42.4 Å². The van der Waals surface area contributed by atoms with Crippen LogP contribution < -0.4 is 0 Å². The molecule has 2 fully saturated rings. The molecule has 11 heavy (non-hydrogen) atoms. The summed E-state index contributed by atoms with van der Waals surface area (Å²) in [5.74, 6) is 1.09. The molecule has 0 N–H and O–H groups in total. The molecule has 0 heteroatoms. The number of hydrogen-bond acceptors (Lipinski definition) is 0. The zero-order valence-corrected chi connectivity index (χ0v) is 7.69. The van der Waals surface area contributed by atoms with Gasteiger partial charge in [0, 0.05) is 0 Å². The number of hydrogen-bond donors (Lipinski definition) is 0. The Labute approximate surface area is 69.7 Å². The van der Waals surface area contributed by atoms with Gasteiger partial charge < -0.3 is 0 Å². The Morgan fingerprint density at radius 3 is 2.45 bits per heavy atom. The summed E-state index contributed by atoms with van der Waals surface area (Å²) < 4.78 is 0. The second kappa shape index (κ2) is 1.91. The molecular weight excluding hydrogens is 132 g/mol. The average Bonchev–Trinajstić information content (AvgIpc) is 2.86. The fraction of sp³-hybridized carbons (Fsp3) is 0.818. The van der Waals surface area contributed by atoms with Crippen molar-refractivity contribution in [1.82, 2.24) is 0 Å². The molecule has 2 saturated carbocycles. The maximum atomic E-state index is 3.85. The summed E-state index contributed by atoms with van der Waals surface area (Å²) in [4.78, 5) is 0. The molecule has 3 atom stereocenters.